The molecule has 1 aromatic heterocycles. The highest BCUT2D eigenvalue weighted by atomic mass is 19.2. The molecule has 4 atom stereocenters. The molecule has 0 saturated carbocycles. The summed E-state index contributed by atoms with van der Waals surface area (Å²) in [5.41, 5.74) is -0.171. The minimum atomic E-state index is -1.58. The molecule has 1 amide bonds. The molecule has 2 aromatic carbocycles. The predicted molar refractivity (Wildman–Crippen MR) is 158 cm³/mol. The van der Waals surface area contributed by atoms with Crippen molar-refractivity contribution in [3.63, 3.8) is 0 Å². The molecule has 2 heterocycles. The smallest absolute Gasteiger partial charge is 0.343 e. The van der Waals surface area contributed by atoms with Crippen LogP contribution in [-0.2, 0) is 35.0 Å². The van der Waals surface area contributed by atoms with E-state index in [1.165, 1.54) is 20.1 Å². The van der Waals surface area contributed by atoms with Crippen LogP contribution in [0.25, 0.3) is 0 Å². The van der Waals surface area contributed by atoms with E-state index in [0.717, 1.165) is 23.9 Å². The lowest BCUT2D eigenvalue weighted by molar-refractivity contribution is -0.176. The summed E-state index contributed by atoms with van der Waals surface area (Å²) >= 11 is 0. The van der Waals surface area contributed by atoms with Crippen LogP contribution < -0.4 is 14.8 Å². The molecule has 14 heteroatoms. The average molecular weight is 655 g/mol. The number of methoxy groups -OCH3 is 1. The van der Waals surface area contributed by atoms with Crippen LogP contribution in [0, 0.1) is 23.5 Å². The Morgan fingerprint density at radius 3 is 2.40 bits per heavy atom. The zero-order valence-corrected chi connectivity index (χ0v) is 25.9. The van der Waals surface area contributed by atoms with Gasteiger partial charge in [0.1, 0.15) is 18.6 Å². The Kier molecular flexibility index (Phi) is 11.2. The number of hydrogen-bond donors (Lipinski definition) is 1. The molecule has 1 N–H and O–H groups in total. The number of amides is 1. The van der Waals surface area contributed by atoms with E-state index in [1.807, 2.05) is 0 Å². The number of ether oxygens (including phenoxy) is 5. The van der Waals surface area contributed by atoms with Crippen LogP contribution in [0.4, 0.5) is 8.78 Å². The molecule has 0 radical (unpaired) electrons. The minimum Gasteiger partial charge on any atom is -0.493 e. The van der Waals surface area contributed by atoms with Crippen molar-refractivity contribution >= 4 is 29.8 Å². The highest BCUT2D eigenvalue weighted by molar-refractivity contribution is 6.00. The van der Waals surface area contributed by atoms with E-state index in [0.29, 0.717) is 6.07 Å². The molecular formula is C33H32F2N2O10. The summed E-state index contributed by atoms with van der Waals surface area (Å²) in [4.78, 5) is 69.5. The topological polar surface area (TPSA) is 156 Å². The van der Waals surface area contributed by atoms with Gasteiger partial charge in [-0.2, -0.15) is 0 Å². The molecule has 12 nitrogen and oxygen atoms in total. The predicted octanol–water partition coefficient (Wildman–Crippen LogP) is 3.60. The first kappa shape index (κ1) is 34.5. The van der Waals surface area contributed by atoms with Crippen LogP contribution in [0.1, 0.15) is 47.2 Å². The monoisotopic (exact) mass is 654 g/mol. The van der Waals surface area contributed by atoms with Crippen molar-refractivity contribution in [3.8, 4) is 11.5 Å². The maximum Gasteiger partial charge on any atom is 0.343 e. The first-order valence-corrected chi connectivity index (χ1v) is 14.5. The summed E-state index contributed by atoms with van der Waals surface area (Å²) in [6, 6.07) is 10.9. The van der Waals surface area contributed by atoms with E-state index in [-0.39, 0.29) is 17.7 Å². The average Bonchev–Trinajstić information content (AvgIpc) is 3.08. The quantitative estimate of drug-likeness (QED) is 0.266. The Morgan fingerprint density at radius 1 is 1.02 bits per heavy atom. The van der Waals surface area contributed by atoms with Gasteiger partial charge in [-0.3, -0.25) is 14.4 Å². The highest BCUT2D eigenvalue weighted by Crippen LogP contribution is 2.31. The maximum atomic E-state index is 13.7. The zero-order valence-electron chi connectivity index (χ0n) is 25.9. The van der Waals surface area contributed by atoms with Gasteiger partial charge in [0.25, 0.3) is 5.91 Å². The first-order valence-electron chi connectivity index (χ1n) is 14.5. The van der Waals surface area contributed by atoms with Gasteiger partial charge in [0, 0.05) is 12.3 Å². The van der Waals surface area contributed by atoms with E-state index in [1.54, 1.807) is 44.2 Å². The SMILES string of the molecule is COc1ccnc(C(=O)N[C@H]2COC(=O)[C@H](Cc3ccccc3)[C@@H](OC(=O)C(C)C)[C@H](C)OC2=O)c1OC(=O)c1ccc(F)c(F)c1. The van der Waals surface area contributed by atoms with Gasteiger partial charge in [0.05, 0.1) is 18.6 Å². The molecule has 248 valence electrons. The van der Waals surface area contributed by atoms with Gasteiger partial charge < -0.3 is 29.0 Å². The molecule has 1 aliphatic heterocycles. The summed E-state index contributed by atoms with van der Waals surface area (Å²) in [6.45, 7) is 4.01. The zero-order chi connectivity index (χ0) is 34.2. The Hall–Kier alpha value is -5.40. The van der Waals surface area contributed by atoms with Crippen molar-refractivity contribution in [2.45, 2.75) is 45.4 Å². The summed E-state index contributed by atoms with van der Waals surface area (Å²) in [5, 5.41) is 2.36. The van der Waals surface area contributed by atoms with Gasteiger partial charge in [0.15, 0.2) is 35.2 Å². The van der Waals surface area contributed by atoms with Crippen LogP contribution in [-0.4, -0.2) is 66.7 Å². The lowest BCUT2D eigenvalue weighted by Gasteiger charge is -2.29. The van der Waals surface area contributed by atoms with Crippen LogP contribution >= 0.6 is 0 Å². The number of cyclic esters (lactones) is 2. The van der Waals surface area contributed by atoms with Crippen molar-refractivity contribution in [3.05, 3.63) is 89.2 Å². The van der Waals surface area contributed by atoms with Gasteiger partial charge in [-0.05, 0) is 37.1 Å². The Bertz CT molecular complexity index is 1650. The molecule has 4 rings (SSSR count). The second-order valence-corrected chi connectivity index (χ2v) is 10.9. The lowest BCUT2D eigenvalue weighted by Crippen LogP contribution is -2.47. The number of aromatic nitrogens is 1. The van der Waals surface area contributed by atoms with Crippen molar-refractivity contribution < 1.29 is 56.4 Å². The Balaban J connectivity index is 1.60. The van der Waals surface area contributed by atoms with Gasteiger partial charge >= 0.3 is 23.9 Å². The molecule has 0 bridgehead atoms. The molecule has 1 aliphatic rings. The number of nitrogens with one attached hydrogen (secondary N) is 1. The van der Waals surface area contributed by atoms with Crippen molar-refractivity contribution in [1.82, 2.24) is 10.3 Å². The number of pyridine rings is 1. The number of hydrogen-bond acceptors (Lipinski definition) is 11. The van der Waals surface area contributed by atoms with Gasteiger partial charge in [-0.1, -0.05) is 44.2 Å². The minimum absolute atomic E-state index is 0.0923. The standard InChI is InChI=1S/C33H32F2N2O10/c1-17(2)30(39)46-27-18(3)45-33(42)24(16-44-32(41)21(27)14-19-8-6-5-7-9-19)37-29(38)26-28(25(43-4)12-13-36-26)47-31(40)20-10-11-22(34)23(35)15-20/h5-13,15,17-18,21,24,27H,14,16H2,1-4H3,(H,37,38)/t18-,21+,24-,27-/m0/s1. The molecule has 47 heavy (non-hydrogen) atoms. The fraction of sp³-hybridized carbons (Fsp3) is 0.333. The number of carbonyl (C=O) groups excluding carboxylic acids is 5. The number of halogens is 2. The lowest BCUT2D eigenvalue weighted by atomic mass is 9.91. The molecule has 1 fully saturated rings. The van der Waals surface area contributed by atoms with E-state index >= 15 is 0 Å². The fourth-order valence-electron chi connectivity index (χ4n) is 4.60. The Labute approximate surface area is 268 Å². The number of carbonyl (C=O) groups is 5. The van der Waals surface area contributed by atoms with Gasteiger partial charge in [0.2, 0.25) is 5.75 Å². The van der Waals surface area contributed by atoms with Gasteiger partial charge in [-0.15, -0.1) is 0 Å². The van der Waals surface area contributed by atoms with Crippen LogP contribution in [0.15, 0.2) is 60.8 Å². The largest absolute Gasteiger partial charge is 0.493 e. The summed E-state index contributed by atoms with van der Waals surface area (Å²) in [5.74, 6) is -9.41. The third-order valence-corrected chi connectivity index (χ3v) is 7.12. The van der Waals surface area contributed by atoms with Crippen molar-refractivity contribution in [2.75, 3.05) is 13.7 Å². The Morgan fingerprint density at radius 2 is 1.74 bits per heavy atom. The van der Waals surface area contributed by atoms with Crippen LogP contribution in [0.5, 0.6) is 11.5 Å². The van der Waals surface area contributed by atoms with Gasteiger partial charge in [-0.25, -0.2) is 23.4 Å². The third-order valence-electron chi connectivity index (χ3n) is 7.12. The maximum absolute atomic E-state index is 13.7. The molecule has 0 spiro atoms. The van der Waals surface area contributed by atoms with Crippen LogP contribution in [0.3, 0.4) is 0 Å². The van der Waals surface area contributed by atoms with E-state index in [2.05, 4.69) is 10.3 Å². The third kappa shape index (κ3) is 8.45. The molecule has 0 aliphatic carbocycles. The summed E-state index contributed by atoms with van der Waals surface area (Å²) in [6.07, 6.45) is -1.12. The molecule has 3 aromatic rings. The van der Waals surface area contributed by atoms with Crippen molar-refractivity contribution in [2.24, 2.45) is 11.8 Å². The number of rotatable bonds is 9. The van der Waals surface area contributed by atoms with E-state index in [4.69, 9.17) is 23.7 Å². The molecular weight excluding hydrogens is 622 g/mol. The van der Waals surface area contributed by atoms with E-state index in [9.17, 15) is 32.8 Å². The molecule has 1 saturated heterocycles. The second kappa shape index (κ2) is 15.3. The number of benzene rings is 2. The molecule has 0 unspecified atom stereocenters. The summed E-state index contributed by atoms with van der Waals surface area (Å²) < 4.78 is 54.3. The van der Waals surface area contributed by atoms with E-state index < -0.39 is 89.6 Å². The number of nitrogens with zero attached hydrogens (tertiary/aromatic N) is 1. The second-order valence-electron chi connectivity index (χ2n) is 10.9. The first-order chi connectivity index (χ1) is 22.4. The summed E-state index contributed by atoms with van der Waals surface area (Å²) in [7, 11) is 1.22. The fourth-order valence-corrected chi connectivity index (χ4v) is 4.60. The number of esters is 4. The normalized spacial score (nSPS) is 19.7. The van der Waals surface area contributed by atoms with Crippen LogP contribution in [0.2, 0.25) is 0 Å². The highest BCUT2D eigenvalue weighted by Gasteiger charge is 2.42. The van der Waals surface area contributed by atoms with Crippen molar-refractivity contribution in [1.29, 1.82) is 0 Å².